The maximum absolute atomic E-state index is 11.3. The summed E-state index contributed by atoms with van der Waals surface area (Å²) in [6, 6.07) is 9.22. The molecule has 0 spiro atoms. The van der Waals surface area contributed by atoms with E-state index in [1.54, 1.807) is 6.92 Å². The van der Waals surface area contributed by atoms with Crippen LogP contribution in [0, 0.1) is 17.8 Å². The summed E-state index contributed by atoms with van der Waals surface area (Å²) in [6.45, 7) is 5.76. The first-order valence-corrected chi connectivity index (χ1v) is 12.5. The van der Waals surface area contributed by atoms with Crippen LogP contribution in [0.5, 0.6) is 0 Å². The molecule has 0 heterocycles. The number of ether oxygens (including phenoxy) is 1. The van der Waals surface area contributed by atoms with E-state index in [1.165, 1.54) is 35.3 Å². The molecule has 0 N–H and O–H groups in total. The Morgan fingerprint density at radius 3 is 2.87 bits per heavy atom. The molecule has 2 atom stereocenters. The van der Waals surface area contributed by atoms with E-state index in [2.05, 4.69) is 60.9 Å². The highest BCUT2D eigenvalue weighted by Crippen LogP contribution is 2.38. The van der Waals surface area contributed by atoms with Crippen molar-refractivity contribution >= 4 is 17.7 Å². The molecule has 0 aliphatic heterocycles. The summed E-state index contributed by atoms with van der Waals surface area (Å²) < 4.78 is 5.13. The van der Waals surface area contributed by atoms with Gasteiger partial charge in [0.1, 0.15) is 0 Å². The smallest absolute Gasteiger partial charge is 0.333 e. The second kappa shape index (κ2) is 12.6. The first-order chi connectivity index (χ1) is 15.1. The van der Waals surface area contributed by atoms with Crippen LogP contribution in [-0.2, 0) is 9.53 Å². The van der Waals surface area contributed by atoms with Crippen LogP contribution >= 0.6 is 11.8 Å². The minimum absolute atomic E-state index is 0.284. The average Bonchev–Trinajstić information content (AvgIpc) is 2.95. The van der Waals surface area contributed by atoms with Crippen LogP contribution in [0.4, 0.5) is 0 Å². The molecule has 0 saturated heterocycles. The second-order valence-corrected chi connectivity index (χ2v) is 9.64. The van der Waals surface area contributed by atoms with Crippen molar-refractivity contribution in [3.63, 3.8) is 0 Å². The lowest BCUT2D eigenvalue weighted by Gasteiger charge is -2.19. The maximum atomic E-state index is 11.3. The molecule has 3 rings (SSSR count). The molecule has 0 amide bonds. The number of esters is 1. The molecule has 2 unspecified atom stereocenters. The molecule has 2 aliphatic carbocycles. The Hall–Kier alpha value is -2.18. The quantitative estimate of drug-likeness (QED) is 0.135. The first-order valence-electron chi connectivity index (χ1n) is 11.5. The molecular formula is C28H34O2S. The molecule has 0 bridgehead atoms. The molecule has 164 valence electrons. The summed E-state index contributed by atoms with van der Waals surface area (Å²) in [5.74, 6) is 8.70. The van der Waals surface area contributed by atoms with Crippen LogP contribution < -0.4 is 0 Å². The van der Waals surface area contributed by atoms with E-state index in [1.807, 2.05) is 11.8 Å². The molecule has 1 aromatic carbocycles. The van der Waals surface area contributed by atoms with Gasteiger partial charge in [-0.05, 0) is 81.2 Å². The minimum atomic E-state index is -0.284. The third-order valence-electron chi connectivity index (χ3n) is 5.92. The van der Waals surface area contributed by atoms with Gasteiger partial charge in [-0.1, -0.05) is 54.4 Å². The van der Waals surface area contributed by atoms with Crippen molar-refractivity contribution in [2.45, 2.75) is 69.1 Å². The number of fused-ring (bicyclic) bond motifs is 1. The number of allylic oxidation sites excluding steroid dienone is 4. The third kappa shape index (κ3) is 7.78. The van der Waals surface area contributed by atoms with Crippen molar-refractivity contribution < 1.29 is 9.53 Å². The number of benzene rings is 1. The number of thioether (sulfide) groups is 1. The van der Waals surface area contributed by atoms with Crippen LogP contribution in [0.2, 0.25) is 0 Å². The van der Waals surface area contributed by atoms with Crippen LogP contribution in [-0.4, -0.2) is 18.3 Å². The molecule has 1 fully saturated rings. The van der Waals surface area contributed by atoms with Crippen molar-refractivity contribution in [2.24, 2.45) is 5.92 Å². The number of hydrogen-bond acceptors (Lipinski definition) is 3. The summed E-state index contributed by atoms with van der Waals surface area (Å²) in [6.07, 6.45) is 15.5. The van der Waals surface area contributed by atoms with Gasteiger partial charge in [0.05, 0.1) is 6.61 Å². The summed E-state index contributed by atoms with van der Waals surface area (Å²) in [5, 5.41) is 0. The van der Waals surface area contributed by atoms with Gasteiger partial charge in [0, 0.05) is 22.8 Å². The normalized spacial score (nSPS) is 22.9. The highest BCUT2D eigenvalue weighted by atomic mass is 32.2. The summed E-state index contributed by atoms with van der Waals surface area (Å²) in [5.41, 5.74) is 3.45. The van der Waals surface area contributed by atoms with Crippen molar-refractivity contribution in [3.05, 3.63) is 65.8 Å². The van der Waals surface area contributed by atoms with E-state index in [0.717, 1.165) is 37.9 Å². The Labute approximate surface area is 192 Å². The van der Waals surface area contributed by atoms with Gasteiger partial charge >= 0.3 is 5.97 Å². The van der Waals surface area contributed by atoms with Gasteiger partial charge < -0.3 is 4.74 Å². The fourth-order valence-corrected chi connectivity index (χ4v) is 5.04. The van der Waals surface area contributed by atoms with Gasteiger partial charge in [-0.25, -0.2) is 4.79 Å². The molecule has 0 radical (unpaired) electrons. The molecule has 2 aliphatic rings. The number of carbonyl (C=O) groups excluding carboxylic acids is 1. The maximum Gasteiger partial charge on any atom is 0.333 e. The van der Waals surface area contributed by atoms with Crippen LogP contribution in [0.25, 0.3) is 0 Å². The monoisotopic (exact) mass is 434 g/mol. The van der Waals surface area contributed by atoms with Gasteiger partial charge in [0.15, 0.2) is 0 Å². The Balaban J connectivity index is 1.42. The number of hydrogen-bond donors (Lipinski definition) is 0. The molecule has 1 saturated carbocycles. The van der Waals surface area contributed by atoms with Crippen LogP contribution in [0.3, 0.4) is 0 Å². The molecule has 2 nitrogen and oxygen atoms in total. The van der Waals surface area contributed by atoms with Crippen molar-refractivity contribution in [2.75, 3.05) is 12.4 Å². The molecular weight excluding hydrogens is 400 g/mol. The lowest BCUT2D eigenvalue weighted by Crippen LogP contribution is -2.06. The molecule has 1 aromatic rings. The Morgan fingerprint density at radius 1 is 1.23 bits per heavy atom. The van der Waals surface area contributed by atoms with Crippen molar-refractivity contribution in [3.8, 4) is 11.8 Å². The van der Waals surface area contributed by atoms with Gasteiger partial charge in [-0.3, -0.25) is 0 Å². The average molecular weight is 435 g/mol. The topological polar surface area (TPSA) is 26.3 Å². The highest BCUT2D eigenvalue weighted by molar-refractivity contribution is 7.99. The Kier molecular flexibility index (Phi) is 9.56. The predicted octanol–water partition coefficient (Wildman–Crippen LogP) is 7.23. The minimum Gasteiger partial charge on any atom is -0.462 e. The fourth-order valence-electron chi connectivity index (χ4n) is 4.13. The van der Waals surface area contributed by atoms with Crippen molar-refractivity contribution in [1.82, 2.24) is 0 Å². The largest absolute Gasteiger partial charge is 0.462 e. The number of rotatable bonds is 9. The zero-order valence-electron chi connectivity index (χ0n) is 18.7. The lowest BCUT2D eigenvalue weighted by atomic mass is 9.86. The van der Waals surface area contributed by atoms with Crippen molar-refractivity contribution in [1.29, 1.82) is 0 Å². The Bertz CT molecular complexity index is 867. The summed E-state index contributed by atoms with van der Waals surface area (Å²) >= 11 is 1.91. The number of unbranched alkanes of at least 4 members (excludes halogenated alkanes) is 2. The lowest BCUT2D eigenvalue weighted by molar-refractivity contribution is -0.139. The van der Waals surface area contributed by atoms with Gasteiger partial charge in [0.2, 0.25) is 0 Å². The third-order valence-corrected chi connectivity index (χ3v) is 7.02. The van der Waals surface area contributed by atoms with Gasteiger partial charge in [-0.2, -0.15) is 0 Å². The summed E-state index contributed by atoms with van der Waals surface area (Å²) in [7, 11) is 0. The highest BCUT2D eigenvalue weighted by Gasteiger charge is 2.23. The zero-order chi connectivity index (χ0) is 21.9. The fraction of sp³-hybridized carbons (Fsp3) is 0.464. The Morgan fingerprint density at radius 2 is 2.06 bits per heavy atom. The van der Waals surface area contributed by atoms with Gasteiger partial charge in [0.25, 0.3) is 0 Å². The van der Waals surface area contributed by atoms with E-state index in [0.29, 0.717) is 24.0 Å². The van der Waals surface area contributed by atoms with E-state index < -0.39 is 0 Å². The molecule has 3 heteroatoms. The van der Waals surface area contributed by atoms with Crippen LogP contribution in [0.15, 0.2) is 65.1 Å². The van der Waals surface area contributed by atoms with E-state index >= 15 is 0 Å². The van der Waals surface area contributed by atoms with E-state index in [-0.39, 0.29) is 5.97 Å². The molecule has 31 heavy (non-hydrogen) atoms. The van der Waals surface area contributed by atoms with E-state index in [4.69, 9.17) is 4.74 Å². The van der Waals surface area contributed by atoms with Crippen LogP contribution in [0.1, 0.15) is 69.8 Å². The van der Waals surface area contributed by atoms with Gasteiger partial charge in [-0.15, -0.1) is 11.8 Å². The zero-order valence-corrected chi connectivity index (χ0v) is 19.5. The molecule has 0 aromatic heterocycles. The first kappa shape index (κ1) is 23.5. The summed E-state index contributed by atoms with van der Waals surface area (Å²) in [4.78, 5) is 12.7. The SMILES string of the molecule is C=C(C)C(=O)OCCCCCSc1ccc(C2CCC/C3=C/C=C\CC#CC3C2)cc1. The standard InChI is InChI=1S/C28H34O2S/c1-22(2)28(29)30-19-8-5-9-20-31-27-17-15-24(16-18-27)26-14-10-13-23-11-6-3-4-7-12-25(23)21-26/h3,6,11,15-18,25-26H,1,4-5,8-10,13-14,19-21H2,2H3/b6-3-,23-11-. The predicted molar refractivity (Wildman–Crippen MR) is 131 cm³/mol. The number of carbonyl (C=O) groups is 1. The second-order valence-electron chi connectivity index (χ2n) is 8.47. The van der Waals surface area contributed by atoms with E-state index in [9.17, 15) is 4.79 Å².